The summed E-state index contributed by atoms with van der Waals surface area (Å²) in [4.78, 5) is 20.9. The lowest BCUT2D eigenvalue weighted by atomic mass is 10.2. The fraction of sp³-hybridized carbons (Fsp3) is 0.409. The molecule has 2 aliphatic heterocycles. The van der Waals surface area contributed by atoms with Gasteiger partial charge in [0.2, 0.25) is 0 Å². The molecule has 28 heavy (non-hydrogen) atoms. The minimum Gasteiger partial charge on any atom is -0.368 e. The largest absolute Gasteiger partial charge is 0.368 e. The Morgan fingerprint density at radius 3 is 2.14 bits per heavy atom. The molecule has 1 N–H and O–H groups in total. The maximum atomic E-state index is 12.8. The third-order valence-electron chi connectivity index (χ3n) is 5.80. The highest BCUT2D eigenvalue weighted by molar-refractivity contribution is 6.30. The van der Waals surface area contributed by atoms with Crippen LogP contribution in [0.5, 0.6) is 0 Å². The fourth-order valence-corrected chi connectivity index (χ4v) is 4.29. The van der Waals surface area contributed by atoms with Gasteiger partial charge in [-0.1, -0.05) is 35.9 Å². The highest BCUT2D eigenvalue weighted by Crippen LogP contribution is 2.19. The molecule has 0 atom stereocenters. The van der Waals surface area contributed by atoms with E-state index in [0.717, 1.165) is 57.4 Å². The molecule has 0 unspecified atom stereocenters. The second-order valence-electron chi connectivity index (χ2n) is 7.60. The Morgan fingerprint density at radius 2 is 1.46 bits per heavy atom. The van der Waals surface area contributed by atoms with Crippen LogP contribution < -0.4 is 14.7 Å². The zero-order valence-corrected chi connectivity index (χ0v) is 16.9. The Balaban J connectivity index is 1.23. The van der Waals surface area contributed by atoms with Gasteiger partial charge < -0.3 is 19.6 Å². The quantitative estimate of drug-likeness (QED) is 0.843. The summed E-state index contributed by atoms with van der Waals surface area (Å²) in [7, 11) is 0. The molecule has 2 aromatic carbocycles. The number of halogens is 1. The zero-order chi connectivity index (χ0) is 19.3. The first-order chi connectivity index (χ1) is 13.7. The standard InChI is InChI=1S/C22H27ClN4O/c23-19-5-4-8-21(17-19)26-11-9-24(10-12-26)18-22(28)27-15-13-25(14-16-27)20-6-2-1-3-7-20/h1-8,17H,9-16,18H2/p+1. The number of quaternary nitrogens is 1. The second kappa shape index (κ2) is 8.84. The molecule has 0 aliphatic carbocycles. The lowest BCUT2D eigenvalue weighted by Gasteiger charge is -2.37. The maximum Gasteiger partial charge on any atom is 0.277 e. The molecule has 2 aliphatic rings. The van der Waals surface area contributed by atoms with E-state index in [9.17, 15) is 4.79 Å². The van der Waals surface area contributed by atoms with Crippen molar-refractivity contribution in [2.75, 3.05) is 68.7 Å². The molecule has 2 heterocycles. The highest BCUT2D eigenvalue weighted by Gasteiger charge is 2.27. The summed E-state index contributed by atoms with van der Waals surface area (Å²) in [5.41, 5.74) is 2.42. The minimum absolute atomic E-state index is 0.291. The van der Waals surface area contributed by atoms with Crippen LogP contribution in [0.25, 0.3) is 0 Å². The summed E-state index contributed by atoms with van der Waals surface area (Å²) in [6.45, 7) is 7.96. The summed E-state index contributed by atoms with van der Waals surface area (Å²) >= 11 is 6.11. The van der Waals surface area contributed by atoms with E-state index >= 15 is 0 Å². The molecule has 2 fully saturated rings. The van der Waals surface area contributed by atoms with Crippen LogP contribution in [0.1, 0.15) is 0 Å². The smallest absolute Gasteiger partial charge is 0.277 e. The molecule has 4 rings (SSSR count). The number of piperazine rings is 2. The van der Waals surface area contributed by atoms with E-state index in [1.807, 2.05) is 29.2 Å². The van der Waals surface area contributed by atoms with Crippen LogP contribution in [0, 0.1) is 0 Å². The molecule has 1 amide bonds. The number of amides is 1. The molecule has 0 bridgehead atoms. The number of hydrogen-bond acceptors (Lipinski definition) is 3. The van der Waals surface area contributed by atoms with Crippen LogP contribution in [0.3, 0.4) is 0 Å². The summed E-state index contributed by atoms with van der Waals surface area (Å²) < 4.78 is 0. The van der Waals surface area contributed by atoms with Gasteiger partial charge in [-0.2, -0.15) is 0 Å². The van der Waals surface area contributed by atoms with Crippen molar-refractivity contribution < 1.29 is 9.69 Å². The number of benzene rings is 2. The zero-order valence-electron chi connectivity index (χ0n) is 16.2. The van der Waals surface area contributed by atoms with Gasteiger partial charge in [0.05, 0.1) is 26.2 Å². The molecular formula is C22H28ClN4O+. The van der Waals surface area contributed by atoms with Crippen molar-refractivity contribution in [1.29, 1.82) is 0 Å². The summed E-state index contributed by atoms with van der Waals surface area (Å²) in [5.74, 6) is 0.291. The van der Waals surface area contributed by atoms with Gasteiger partial charge >= 0.3 is 0 Å². The van der Waals surface area contributed by atoms with Crippen molar-refractivity contribution in [1.82, 2.24) is 4.90 Å². The van der Waals surface area contributed by atoms with Gasteiger partial charge in [-0.25, -0.2) is 0 Å². The Labute approximate surface area is 172 Å². The SMILES string of the molecule is O=C(C[NH+]1CCN(c2cccc(Cl)c2)CC1)N1CCN(c2ccccc2)CC1. The van der Waals surface area contributed by atoms with E-state index in [0.29, 0.717) is 12.5 Å². The Morgan fingerprint density at radius 1 is 0.821 bits per heavy atom. The van der Waals surface area contributed by atoms with Crippen molar-refractivity contribution in [3.05, 3.63) is 59.6 Å². The molecule has 0 spiro atoms. The van der Waals surface area contributed by atoms with Crippen LogP contribution in [0.4, 0.5) is 11.4 Å². The number of para-hydroxylation sites is 1. The van der Waals surface area contributed by atoms with E-state index in [1.54, 1.807) is 0 Å². The maximum absolute atomic E-state index is 12.8. The van der Waals surface area contributed by atoms with E-state index in [2.05, 4.69) is 40.1 Å². The number of nitrogens with zero attached hydrogens (tertiary/aromatic N) is 3. The number of anilines is 2. The minimum atomic E-state index is 0.291. The third kappa shape index (κ3) is 4.59. The molecule has 5 nitrogen and oxygen atoms in total. The molecule has 2 saturated heterocycles. The van der Waals surface area contributed by atoms with Gasteiger partial charge in [-0.3, -0.25) is 4.79 Å². The first-order valence-electron chi connectivity index (χ1n) is 10.1. The predicted octanol–water partition coefficient (Wildman–Crippen LogP) is 1.39. The summed E-state index contributed by atoms with van der Waals surface area (Å²) in [5, 5.41) is 0.775. The number of carbonyl (C=O) groups excluding carboxylic acids is 1. The number of nitrogens with one attached hydrogen (secondary N) is 1. The van der Waals surface area contributed by atoms with Crippen LogP contribution in [0.2, 0.25) is 5.02 Å². The second-order valence-corrected chi connectivity index (χ2v) is 8.03. The van der Waals surface area contributed by atoms with E-state index in [1.165, 1.54) is 16.3 Å². The monoisotopic (exact) mass is 399 g/mol. The lowest BCUT2D eigenvalue weighted by molar-refractivity contribution is -0.892. The lowest BCUT2D eigenvalue weighted by Crippen LogP contribution is -3.16. The molecule has 2 aromatic rings. The first kappa shape index (κ1) is 19.1. The van der Waals surface area contributed by atoms with Gasteiger partial charge in [0.15, 0.2) is 6.54 Å². The number of carbonyl (C=O) groups is 1. The fourth-order valence-electron chi connectivity index (χ4n) is 4.11. The van der Waals surface area contributed by atoms with Crippen LogP contribution in [0.15, 0.2) is 54.6 Å². The van der Waals surface area contributed by atoms with Crippen molar-refractivity contribution in [3.63, 3.8) is 0 Å². The van der Waals surface area contributed by atoms with Crippen LogP contribution in [-0.4, -0.2) is 69.7 Å². The van der Waals surface area contributed by atoms with Crippen molar-refractivity contribution in [2.45, 2.75) is 0 Å². The van der Waals surface area contributed by atoms with Crippen molar-refractivity contribution in [3.8, 4) is 0 Å². The van der Waals surface area contributed by atoms with Gasteiger partial charge in [-0.15, -0.1) is 0 Å². The average Bonchev–Trinajstić information content (AvgIpc) is 2.75. The molecular weight excluding hydrogens is 372 g/mol. The number of rotatable bonds is 4. The highest BCUT2D eigenvalue weighted by atomic mass is 35.5. The topological polar surface area (TPSA) is 31.2 Å². The van der Waals surface area contributed by atoms with E-state index < -0.39 is 0 Å². The van der Waals surface area contributed by atoms with E-state index in [4.69, 9.17) is 11.6 Å². The van der Waals surface area contributed by atoms with Gasteiger partial charge in [-0.05, 0) is 30.3 Å². The van der Waals surface area contributed by atoms with Crippen molar-refractivity contribution >= 4 is 28.9 Å². The van der Waals surface area contributed by atoms with Gasteiger partial charge in [0, 0.05) is 42.6 Å². The molecule has 0 radical (unpaired) electrons. The Bertz CT molecular complexity index is 784. The Kier molecular flexibility index (Phi) is 6.03. The third-order valence-corrected chi connectivity index (χ3v) is 6.03. The average molecular weight is 400 g/mol. The van der Waals surface area contributed by atoms with Crippen LogP contribution in [-0.2, 0) is 4.79 Å². The van der Waals surface area contributed by atoms with Gasteiger partial charge in [0.1, 0.15) is 0 Å². The Hall–Kier alpha value is -2.24. The first-order valence-corrected chi connectivity index (χ1v) is 10.5. The molecule has 0 saturated carbocycles. The van der Waals surface area contributed by atoms with Gasteiger partial charge in [0.25, 0.3) is 5.91 Å². The van der Waals surface area contributed by atoms with Crippen LogP contribution >= 0.6 is 11.6 Å². The summed E-state index contributed by atoms with van der Waals surface area (Å²) in [6.07, 6.45) is 0. The van der Waals surface area contributed by atoms with Crippen molar-refractivity contribution in [2.24, 2.45) is 0 Å². The predicted molar refractivity (Wildman–Crippen MR) is 114 cm³/mol. The molecule has 0 aromatic heterocycles. The number of hydrogen-bond donors (Lipinski definition) is 1. The summed E-state index contributed by atoms with van der Waals surface area (Å²) in [6, 6.07) is 18.5. The molecule has 6 heteroatoms. The molecule has 148 valence electrons. The van der Waals surface area contributed by atoms with E-state index in [-0.39, 0.29) is 0 Å². The normalized spacial score (nSPS) is 18.4.